The van der Waals surface area contributed by atoms with Crippen LogP contribution in [0.3, 0.4) is 0 Å². The van der Waals surface area contributed by atoms with Gasteiger partial charge < -0.3 is 9.64 Å². The molecule has 0 bridgehead atoms. The lowest BCUT2D eigenvalue weighted by atomic mass is 10.1. The highest BCUT2D eigenvalue weighted by Crippen LogP contribution is 2.17. The molecule has 0 aliphatic carbocycles. The first kappa shape index (κ1) is 13.2. The van der Waals surface area contributed by atoms with Crippen LogP contribution in [0.25, 0.3) is 0 Å². The molecule has 4 nitrogen and oxygen atoms in total. The number of benzene rings is 1. The Kier molecular flexibility index (Phi) is 4.02. The fourth-order valence-corrected chi connectivity index (χ4v) is 2.67. The number of rotatable bonds is 4. The van der Waals surface area contributed by atoms with Gasteiger partial charge in [-0.05, 0) is 32.0 Å². The Balaban J connectivity index is 1.59. The maximum Gasteiger partial charge on any atom is 0.157 e. The van der Waals surface area contributed by atoms with Crippen LogP contribution in [0.1, 0.15) is 18.4 Å². The fourth-order valence-electron chi connectivity index (χ4n) is 2.67. The van der Waals surface area contributed by atoms with Crippen LogP contribution in [-0.2, 0) is 6.54 Å². The number of aromatic nitrogens is 2. The van der Waals surface area contributed by atoms with Gasteiger partial charge in [-0.15, -0.1) is 0 Å². The predicted molar refractivity (Wildman–Crippen MR) is 78.9 cm³/mol. The van der Waals surface area contributed by atoms with E-state index in [4.69, 9.17) is 4.74 Å². The highest BCUT2D eigenvalue weighted by Gasteiger charge is 2.18. The smallest absolute Gasteiger partial charge is 0.157 e. The van der Waals surface area contributed by atoms with Crippen LogP contribution in [0, 0.1) is 0 Å². The monoisotopic (exact) mass is 271 g/mol. The van der Waals surface area contributed by atoms with Gasteiger partial charge in [-0.1, -0.05) is 30.3 Å². The van der Waals surface area contributed by atoms with Crippen LogP contribution >= 0.6 is 0 Å². The van der Waals surface area contributed by atoms with E-state index < -0.39 is 0 Å². The van der Waals surface area contributed by atoms with Crippen molar-refractivity contribution in [2.75, 3.05) is 20.1 Å². The summed E-state index contributed by atoms with van der Waals surface area (Å²) in [5, 5.41) is 4.37. The van der Waals surface area contributed by atoms with Crippen molar-refractivity contribution in [2.24, 2.45) is 0 Å². The molecular weight excluding hydrogens is 250 g/mol. The van der Waals surface area contributed by atoms with Gasteiger partial charge >= 0.3 is 0 Å². The molecule has 1 aliphatic rings. The molecule has 0 amide bonds. The van der Waals surface area contributed by atoms with E-state index in [1.54, 1.807) is 0 Å². The van der Waals surface area contributed by atoms with Crippen LogP contribution in [-0.4, -0.2) is 40.9 Å². The third kappa shape index (κ3) is 3.39. The number of nitrogens with zero attached hydrogens (tertiary/aromatic N) is 3. The lowest BCUT2D eigenvalue weighted by Crippen LogP contribution is -2.38. The average molecular weight is 271 g/mol. The Hall–Kier alpha value is -1.81. The van der Waals surface area contributed by atoms with E-state index in [1.807, 2.05) is 35.3 Å². The van der Waals surface area contributed by atoms with Crippen LogP contribution in [0.15, 0.2) is 42.7 Å². The van der Waals surface area contributed by atoms with Crippen molar-refractivity contribution >= 4 is 0 Å². The predicted octanol–water partition coefficient (Wildman–Crippen LogP) is 2.40. The summed E-state index contributed by atoms with van der Waals surface area (Å²) in [6, 6.07) is 10.3. The molecule has 1 aromatic carbocycles. The molecule has 106 valence electrons. The third-order valence-corrected chi connectivity index (χ3v) is 3.68. The maximum atomic E-state index is 6.02. The lowest BCUT2D eigenvalue weighted by molar-refractivity contribution is 0.104. The zero-order valence-electron chi connectivity index (χ0n) is 11.9. The van der Waals surface area contributed by atoms with Crippen LogP contribution in [0.2, 0.25) is 0 Å². The van der Waals surface area contributed by atoms with Crippen molar-refractivity contribution in [3.63, 3.8) is 0 Å². The van der Waals surface area contributed by atoms with Gasteiger partial charge in [-0.3, -0.25) is 4.68 Å². The summed E-state index contributed by atoms with van der Waals surface area (Å²) in [5.41, 5.74) is 1.25. The van der Waals surface area contributed by atoms with Gasteiger partial charge in [-0.2, -0.15) is 5.10 Å². The zero-order valence-corrected chi connectivity index (χ0v) is 11.9. The second-order valence-corrected chi connectivity index (χ2v) is 5.50. The van der Waals surface area contributed by atoms with E-state index in [0.29, 0.717) is 6.10 Å². The van der Waals surface area contributed by atoms with Crippen molar-refractivity contribution < 1.29 is 4.74 Å². The molecule has 0 radical (unpaired) electrons. The number of piperidine rings is 1. The highest BCUT2D eigenvalue weighted by atomic mass is 16.5. The van der Waals surface area contributed by atoms with E-state index in [9.17, 15) is 0 Å². The minimum Gasteiger partial charge on any atom is -0.486 e. The summed E-state index contributed by atoms with van der Waals surface area (Å²) in [7, 11) is 2.15. The SMILES string of the molecule is CN1CCCC(Oc2cnn(Cc3ccccc3)c2)C1. The van der Waals surface area contributed by atoms with Gasteiger partial charge in [0.05, 0.1) is 18.9 Å². The molecule has 1 unspecified atom stereocenters. The Bertz CT molecular complexity index is 538. The number of ether oxygens (including phenoxy) is 1. The molecule has 4 heteroatoms. The number of hydrogen-bond acceptors (Lipinski definition) is 3. The standard InChI is InChI=1S/C16H21N3O/c1-18-9-5-8-15(12-18)20-16-10-17-19(13-16)11-14-6-3-2-4-7-14/h2-4,6-7,10,13,15H,5,8-9,11-12H2,1H3. The van der Waals surface area contributed by atoms with E-state index in [0.717, 1.165) is 25.3 Å². The summed E-state index contributed by atoms with van der Waals surface area (Å²) < 4.78 is 7.95. The van der Waals surface area contributed by atoms with Crippen molar-refractivity contribution in [1.29, 1.82) is 0 Å². The van der Waals surface area contributed by atoms with Crippen molar-refractivity contribution in [3.8, 4) is 5.75 Å². The molecule has 20 heavy (non-hydrogen) atoms. The molecule has 2 aromatic rings. The minimum absolute atomic E-state index is 0.295. The van der Waals surface area contributed by atoms with E-state index >= 15 is 0 Å². The van der Waals surface area contributed by atoms with Crippen LogP contribution in [0.5, 0.6) is 5.75 Å². The molecule has 0 saturated carbocycles. The Morgan fingerprint density at radius 3 is 2.95 bits per heavy atom. The molecular formula is C16H21N3O. The molecule has 1 aliphatic heterocycles. The largest absolute Gasteiger partial charge is 0.486 e. The van der Waals surface area contributed by atoms with Gasteiger partial charge in [0.2, 0.25) is 0 Å². The minimum atomic E-state index is 0.295. The first-order valence-electron chi connectivity index (χ1n) is 7.21. The summed E-state index contributed by atoms with van der Waals surface area (Å²) >= 11 is 0. The average Bonchev–Trinajstić information content (AvgIpc) is 2.87. The summed E-state index contributed by atoms with van der Waals surface area (Å²) in [5.74, 6) is 0.876. The number of likely N-dealkylation sites (tertiary alicyclic amines) is 1. The number of likely N-dealkylation sites (N-methyl/N-ethyl adjacent to an activating group) is 1. The Labute approximate surface area is 120 Å². The number of hydrogen-bond donors (Lipinski definition) is 0. The summed E-state index contributed by atoms with van der Waals surface area (Å²) in [4.78, 5) is 2.32. The van der Waals surface area contributed by atoms with Crippen molar-refractivity contribution in [2.45, 2.75) is 25.5 Å². The van der Waals surface area contributed by atoms with E-state index in [2.05, 4.69) is 29.2 Å². The second-order valence-electron chi connectivity index (χ2n) is 5.50. The van der Waals surface area contributed by atoms with Crippen LogP contribution < -0.4 is 4.74 Å². The molecule has 1 atom stereocenters. The molecule has 1 aromatic heterocycles. The fraction of sp³-hybridized carbons (Fsp3) is 0.438. The topological polar surface area (TPSA) is 30.3 Å². The van der Waals surface area contributed by atoms with Crippen molar-refractivity contribution in [3.05, 3.63) is 48.3 Å². The van der Waals surface area contributed by atoms with Gasteiger partial charge in [0, 0.05) is 6.54 Å². The molecule has 3 rings (SSSR count). The van der Waals surface area contributed by atoms with Gasteiger partial charge in [0.15, 0.2) is 5.75 Å². The Morgan fingerprint density at radius 2 is 2.15 bits per heavy atom. The second kappa shape index (κ2) is 6.09. The molecule has 1 saturated heterocycles. The van der Waals surface area contributed by atoms with Gasteiger partial charge in [0.1, 0.15) is 6.10 Å². The lowest BCUT2D eigenvalue weighted by Gasteiger charge is -2.29. The quantitative estimate of drug-likeness (QED) is 0.855. The van der Waals surface area contributed by atoms with Crippen molar-refractivity contribution in [1.82, 2.24) is 14.7 Å². The molecule has 2 heterocycles. The molecule has 0 spiro atoms. The first-order valence-corrected chi connectivity index (χ1v) is 7.21. The molecule has 0 N–H and O–H groups in total. The maximum absolute atomic E-state index is 6.02. The van der Waals surface area contributed by atoms with E-state index in [-0.39, 0.29) is 0 Å². The normalized spacial score (nSPS) is 19.9. The highest BCUT2D eigenvalue weighted by molar-refractivity contribution is 5.17. The zero-order chi connectivity index (χ0) is 13.8. The van der Waals surface area contributed by atoms with E-state index in [1.165, 1.54) is 18.5 Å². The molecule has 1 fully saturated rings. The van der Waals surface area contributed by atoms with Gasteiger partial charge in [0.25, 0.3) is 0 Å². The Morgan fingerprint density at radius 1 is 1.30 bits per heavy atom. The summed E-state index contributed by atoms with van der Waals surface area (Å²) in [6.45, 7) is 2.96. The first-order chi connectivity index (χ1) is 9.79. The van der Waals surface area contributed by atoms with Gasteiger partial charge in [-0.25, -0.2) is 0 Å². The van der Waals surface area contributed by atoms with Crippen LogP contribution in [0.4, 0.5) is 0 Å². The third-order valence-electron chi connectivity index (χ3n) is 3.68. The summed E-state index contributed by atoms with van der Waals surface area (Å²) in [6.07, 6.45) is 6.44.